The fraction of sp³-hybridized carbons (Fsp3) is 0.892. The third kappa shape index (κ3) is 58.4. The molecule has 1 amide bonds. The lowest BCUT2D eigenvalue weighted by molar-refractivity contribution is -0.870. The Morgan fingerprint density at radius 3 is 1.09 bits per heavy atom. The molecule has 0 aromatic rings. The predicted octanol–water partition coefficient (Wildman–Crippen LogP) is 19.5. The molecule has 0 fully saturated rings. The number of phosphoric acid groups is 1. The molecular formula is C65H127N2O6P. The van der Waals surface area contributed by atoms with Gasteiger partial charge >= 0.3 is 0 Å². The molecule has 0 aliphatic carbocycles. The Bertz CT molecular complexity index is 1300. The minimum Gasteiger partial charge on any atom is -0.756 e. The number of aliphatic hydroxyl groups excluding tert-OH is 1. The summed E-state index contributed by atoms with van der Waals surface area (Å²) in [7, 11) is 1.25. The molecule has 0 saturated carbocycles. The molecule has 0 aromatic carbocycles. The van der Waals surface area contributed by atoms with E-state index >= 15 is 0 Å². The summed E-state index contributed by atoms with van der Waals surface area (Å²) in [6, 6.07) is -0.902. The van der Waals surface area contributed by atoms with Crippen LogP contribution in [0.5, 0.6) is 0 Å². The first-order valence-corrected chi connectivity index (χ1v) is 33.8. The van der Waals surface area contributed by atoms with Crippen LogP contribution in [0.15, 0.2) is 36.5 Å². The van der Waals surface area contributed by atoms with Gasteiger partial charge in [0.15, 0.2) is 0 Å². The van der Waals surface area contributed by atoms with Crippen LogP contribution in [-0.2, 0) is 18.4 Å². The number of allylic oxidation sites excluding steroid dienone is 5. The Kier molecular flexibility index (Phi) is 55.5. The third-order valence-corrected chi connectivity index (χ3v) is 15.8. The monoisotopic (exact) mass is 1060 g/mol. The number of phosphoric ester groups is 1. The summed E-state index contributed by atoms with van der Waals surface area (Å²) in [6.07, 6.45) is 74.1. The Morgan fingerprint density at radius 2 is 0.757 bits per heavy atom. The number of unbranched alkanes of at least 4 members (excludes halogenated alkanes) is 43. The normalized spacial score (nSPS) is 14.0. The van der Waals surface area contributed by atoms with Crippen LogP contribution >= 0.6 is 7.82 Å². The summed E-state index contributed by atoms with van der Waals surface area (Å²) in [5.74, 6) is -0.203. The van der Waals surface area contributed by atoms with E-state index in [1.165, 1.54) is 263 Å². The third-order valence-electron chi connectivity index (χ3n) is 14.8. The van der Waals surface area contributed by atoms with Crippen LogP contribution in [0.2, 0.25) is 0 Å². The number of rotatable bonds is 60. The van der Waals surface area contributed by atoms with Crippen molar-refractivity contribution in [1.29, 1.82) is 0 Å². The van der Waals surface area contributed by atoms with E-state index in [0.29, 0.717) is 17.4 Å². The van der Waals surface area contributed by atoms with Gasteiger partial charge in [-0.1, -0.05) is 294 Å². The SMILES string of the molecule is CCCCCCCCCCC/C=C/CC/C=C/C(O)C(COP(=O)([O-])OCC[N+](C)(C)C)NC(=O)CCCCCCCCCCCCCCCCCCC/C=C\CCCCCCCCCCCCCCCCCC. The van der Waals surface area contributed by atoms with Crippen molar-refractivity contribution in [3.63, 3.8) is 0 Å². The van der Waals surface area contributed by atoms with Gasteiger partial charge in [-0.05, 0) is 57.8 Å². The van der Waals surface area contributed by atoms with Crippen molar-refractivity contribution in [1.82, 2.24) is 5.32 Å². The molecule has 3 unspecified atom stereocenters. The molecule has 0 aliphatic heterocycles. The van der Waals surface area contributed by atoms with E-state index in [0.717, 1.165) is 38.5 Å². The van der Waals surface area contributed by atoms with Crippen molar-refractivity contribution >= 4 is 13.7 Å². The molecule has 0 aliphatic rings. The van der Waals surface area contributed by atoms with E-state index in [9.17, 15) is 19.4 Å². The van der Waals surface area contributed by atoms with Crippen molar-refractivity contribution < 1.29 is 32.9 Å². The summed E-state index contributed by atoms with van der Waals surface area (Å²) >= 11 is 0. The maximum Gasteiger partial charge on any atom is 0.268 e. The van der Waals surface area contributed by atoms with Gasteiger partial charge in [0.1, 0.15) is 13.2 Å². The first kappa shape index (κ1) is 72.7. The summed E-state index contributed by atoms with van der Waals surface area (Å²) < 4.78 is 23.3. The molecule has 0 aromatic heterocycles. The predicted molar refractivity (Wildman–Crippen MR) is 321 cm³/mol. The van der Waals surface area contributed by atoms with Gasteiger partial charge in [-0.15, -0.1) is 0 Å². The number of nitrogens with one attached hydrogen (secondary N) is 1. The van der Waals surface area contributed by atoms with Crippen molar-refractivity contribution in [2.24, 2.45) is 0 Å². The lowest BCUT2D eigenvalue weighted by Crippen LogP contribution is -2.45. The summed E-state index contributed by atoms with van der Waals surface area (Å²) in [5.41, 5.74) is 0. The highest BCUT2D eigenvalue weighted by molar-refractivity contribution is 7.45. The highest BCUT2D eigenvalue weighted by atomic mass is 31.2. The van der Waals surface area contributed by atoms with Crippen LogP contribution in [0.1, 0.15) is 322 Å². The Morgan fingerprint density at radius 1 is 0.459 bits per heavy atom. The molecule has 0 bridgehead atoms. The second kappa shape index (κ2) is 56.4. The zero-order valence-corrected chi connectivity index (χ0v) is 51.0. The Balaban J connectivity index is 3.94. The minimum atomic E-state index is -4.60. The van der Waals surface area contributed by atoms with Gasteiger partial charge in [0.25, 0.3) is 7.82 Å². The van der Waals surface area contributed by atoms with Gasteiger partial charge in [-0.3, -0.25) is 9.36 Å². The second-order valence-corrected chi connectivity index (χ2v) is 24.9. The fourth-order valence-corrected chi connectivity index (χ4v) is 10.5. The molecule has 3 atom stereocenters. The summed E-state index contributed by atoms with van der Waals surface area (Å²) in [4.78, 5) is 25.5. The molecule has 0 saturated heterocycles. The maximum absolute atomic E-state index is 13.0. The average molecular weight is 1060 g/mol. The number of likely N-dealkylation sites (N-methyl/N-ethyl adjacent to an activating group) is 1. The number of hydrogen-bond donors (Lipinski definition) is 2. The summed E-state index contributed by atoms with van der Waals surface area (Å²) in [5, 5.41) is 13.9. The molecule has 438 valence electrons. The van der Waals surface area contributed by atoms with Crippen molar-refractivity contribution in [2.45, 2.75) is 334 Å². The molecule has 2 N–H and O–H groups in total. The van der Waals surface area contributed by atoms with Crippen molar-refractivity contribution in [2.75, 3.05) is 40.9 Å². The lowest BCUT2D eigenvalue weighted by atomic mass is 10.0. The van der Waals surface area contributed by atoms with Crippen LogP contribution < -0.4 is 10.2 Å². The largest absolute Gasteiger partial charge is 0.756 e. The smallest absolute Gasteiger partial charge is 0.268 e. The van der Waals surface area contributed by atoms with E-state index in [-0.39, 0.29) is 19.1 Å². The Labute approximate surface area is 461 Å². The molecule has 0 heterocycles. The van der Waals surface area contributed by atoms with Crippen molar-refractivity contribution in [3.05, 3.63) is 36.5 Å². The molecule has 9 heteroatoms. The first-order chi connectivity index (χ1) is 36.0. The molecule has 0 rings (SSSR count). The highest BCUT2D eigenvalue weighted by Crippen LogP contribution is 2.38. The zero-order chi connectivity index (χ0) is 54.2. The molecular weight excluding hydrogens is 936 g/mol. The minimum absolute atomic E-state index is 0.00503. The molecule has 8 nitrogen and oxygen atoms in total. The summed E-state index contributed by atoms with van der Waals surface area (Å²) in [6.45, 7) is 4.66. The lowest BCUT2D eigenvalue weighted by Gasteiger charge is -2.29. The average Bonchev–Trinajstić information content (AvgIpc) is 3.36. The van der Waals surface area contributed by atoms with Crippen LogP contribution in [0.3, 0.4) is 0 Å². The topological polar surface area (TPSA) is 108 Å². The number of nitrogens with zero attached hydrogens (tertiary/aromatic N) is 1. The number of amides is 1. The van der Waals surface area contributed by atoms with Gasteiger partial charge in [-0.2, -0.15) is 0 Å². The van der Waals surface area contributed by atoms with E-state index < -0.39 is 20.0 Å². The van der Waals surface area contributed by atoms with Crippen LogP contribution in [-0.4, -0.2) is 68.5 Å². The second-order valence-electron chi connectivity index (χ2n) is 23.5. The van der Waals surface area contributed by atoms with Gasteiger partial charge < -0.3 is 28.8 Å². The number of hydrogen-bond acceptors (Lipinski definition) is 6. The fourth-order valence-electron chi connectivity index (χ4n) is 9.76. The van der Waals surface area contributed by atoms with Crippen LogP contribution in [0, 0.1) is 0 Å². The quantitative estimate of drug-likeness (QED) is 0.0272. The standard InChI is InChI=1S/C65H127N2O6P/c1-6-8-10-12-14-16-18-20-22-23-24-25-26-27-28-29-30-31-32-33-34-35-36-37-38-39-40-41-42-43-45-47-49-51-53-55-57-59-65(69)66-63(62-73-74(70,71)72-61-60-67(3,4)5)64(68)58-56-54-52-50-48-46-44-21-19-17-15-13-11-9-7-2/h31-32,48,50,56,58,63-64,68H,6-30,33-47,49,51-55,57,59-62H2,1-5H3,(H-,66,69,70,71)/b32-31-,50-48+,58-56+. The van der Waals surface area contributed by atoms with E-state index in [2.05, 4.69) is 43.5 Å². The number of quaternary nitrogens is 1. The van der Waals surface area contributed by atoms with Crippen molar-refractivity contribution in [3.8, 4) is 0 Å². The van der Waals surface area contributed by atoms with Gasteiger partial charge in [0, 0.05) is 6.42 Å². The first-order valence-electron chi connectivity index (χ1n) is 32.4. The van der Waals surface area contributed by atoms with E-state index in [1.807, 2.05) is 27.2 Å². The molecule has 0 spiro atoms. The number of carbonyl (C=O) groups excluding carboxylic acids is 1. The van der Waals surface area contributed by atoms with E-state index in [4.69, 9.17) is 9.05 Å². The molecule has 0 radical (unpaired) electrons. The van der Waals surface area contributed by atoms with Gasteiger partial charge in [0.05, 0.1) is 39.9 Å². The van der Waals surface area contributed by atoms with Crippen LogP contribution in [0.25, 0.3) is 0 Å². The number of aliphatic hydroxyl groups is 1. The van der Waals surface area contributed by atoms with Gasteiger partial charge in [0.2, 0.25) is 5.91 Å². The van der Waals surface area contributed by atoms with E-state index in [1.54, 1.807) is 6.08 Å². The molecule has 74 heavy (non-hydrogen) atoms. The van der Waals surface area contributed by atoms with Crippen LogP contribution in [0.4, 0.5) is 0 Å². The zero-order valence-electron chi connectivity index (χ0n) is 50.1. The number of carbonyl (C=O) groups is 1. The Hall–Kier alpha value is -1.28. The van der Waals surface area contributed by atoms with Gasteiger partial charge in [-0.25, -0.2) is 0 Å². The highest BCUT2D eigenvalue weighted by Gasteiger charge is 2.23. The maximum atomic E-state index is 13.0.